The Morgan fingerprint density at radius 2 is 2.24 bits per heavy atom. The molecule has 2 heterocycles. The molecule has 0 amide bonds. The molecular weight excluding hydrogens is 236 g/mol. The van der Waals surface area contributed by atoms with Crippen molar-refractivity contribution in [2.75, 3.05) is 11.9 Å². The van der Waals surface area contributed by atoms with Crippen molar-refractivity contribution in [1.82, 2.24) is 4.57 Å². The van der Waals surface area contributed by atoms with Gasteiger partial charge in [0.15, 0.2) is 0 Å². The van der Waals surface area contributed by atoms with Gasteiger partial charge in [-0.2, -0.15) is 0 Å². The number of carbonyl (C=O) groups is 1. The Bertz CT molecular complexity index is 475. The molecule has 92 valence electrons. The average Bonchev–Trinajstić information content (AvgIpc) is 2.82. The number of anilines is 1. The third-order valence-corrected chi connectivity index (χ3v) is 5.38. The van der Waals surface area contributed by atoms with Crippen LogP contribution in [-0.2, 0) is 7.05 Å². The van der Waals surface area contributed by atoms with Gasteiger partial charge in [-0.15, -0.1) is 11.8 Å². The maximum absolute atomic E-state index is 11.3. The molecule has 5 heteroatoms. The van der Waals surface area contributed by atoms with Crippen molar-refractivity contribution >= 4 is 23.4 Å². The summed E-state index contributed by atoms with van der Waals surface area (Å²) < 4.78 is 1.94. The molecule has 3 rings (SSSR count). The summed E-state index contributed by atoms with van der Waals surface area (Å²) >= 11 is 1.78. The minimum Gasteiger partial charge on any atom is -0.477 e. The summed E-state index contributed by atoms with van der Waals surface area (Å²) in [5.74, 6) is -0.835. The summed E-state index contributed by atoms with van der Waals surface area (Å²) in [6.07, 6.45) is 6.79. The SMILES string of the molecule is Cn1cc2c(c1C(=O)O)SC1(CCCC1)CN2. The van der Waals surface area contributed by atoms with E-state index in [1.807, 2.05) is 6.20 Å². The van der Waals surface area contributed by atoms with Gasteiger partial charge >= 0.3 is 5.97 Å². The Morgan fingerprint density at radius 3 is 2.88 bits per heavy atom. The number of aryl methyl sites for hydroxylation is 1. The fourth-order valence-corrected chi connectivity index (χ4v) is 4.52. The van der Waals surface area contributed by atoms with Crippen molar-refractivity contribution in [3.8, 4) is 0 Å². The maximum atomic E-state index is 11.3. The number of carboxylic acids is 1. The molecule has 17 heavy (non-hydrogen) atoms. The zero-order valence-corrected chi connectivity index (χ0v) is 10.6. The smallest absolute Gasteiger partial charge is 0.353 e. The number of nitrogens with zero attached hydrogens (tertiary/aromatic N) is 1. The van der Waals surface area contributed by atoms with Crippen LogP contribution in [0.15, 0.2) is 11.1 Å². The fourth-order valence-electron chi connectivity index (χ4n) is 2.89. The zero-order valence-electron chi connectivity index (χ0n) is 9.82. The fraction of sp³-hybridized carbons (Fsp3) is 0.583. The highest BCUT2D eigenvalue weighted by Gasteiger charge is 2.40. The van der Waals surface area contributed by atoms with Crippen molar-refractivity contribution in [2.24, 2.45) is 7.05 Å². The first-order valence-electron chi connectivity index (χ1n) is 5.97. The molecule has 0 atom stereocenters. The van der Waals surface area contributed by atoms with Crippen LogP contribution < -0.4 is 5.32 Å². The van der Waals surface area contributed by atoms with Crippen molar-refractivity contribution in [3.63, 3.8) is 0 Å². The lowest BCUT2D eigenvalue weighted by Gasteiger charge is -2.33. The number of aromatic carboxylic acids is 1. The maximum Gasteiger partial charge on any atom is 0.353 e. The van der Waals surface area contributed by atoms with Crippen LogP contribution in [0.3, 0.4) is 0 Å². The van der Waals surface area contributed by atoms with Crippen LogP contribution in [0, 0.1) is 0 Å². The number of nitrogens with one attached hydrogen (secondary N) is 1. The predicted octanol–water partition coefficient (Wildman–Crippen LogP) is 2.55. The summed E-state index contributed by atoms with van der Waals surface area (Å²) in [7, 11) is 1.80. The number of rotatable bonds is 1. The van der Waals surface area contributed by atoms with E-state index in [4.69, 9.17) is 0 Å². The largest absolute Gasteiger partial charge is 0.477 e. The van der Waals surface area contributed by atoms with Gasteiger partial charge in [-0.1, -0.05) is 12.8 Å². The van der Waals surface area contributed by atoms with E-state index in [2.05, 4.69) is 5.32 Å². The van der Waals surface area contributed by atoms with Gasteiger partial charge in [-0.3, -0.25) is 0 Å². The Labute approximate surface area is 104 Å². The van der Waals surface area contributed by atoms with Crippen LogP contribution in [0.4, 0.5) is 5.69 Å². The molecule has 1 saturated carbocycles. The number of fused-ring (bicyclic) bond motifs is 1. The van der Waals surface area contributed by atoms with Crippen molar-refractivity contribution in [2.45, 2.75) is 35.3 Å². The molecule has 0 radical (unpaired) electrons. The van der Waals surface area contributed by atoms with Crippen LogP contribution >= 0.6 is 11.8 Å². The Hall–Kier alpha value is -1.10. The van der Waals surface area contributed by atoms with Gasteiger partial charge in [-0.05, 0) is 12.8 Å². The van der Waals surface area contributed by atoms with E-state index in [-0.39, 0.29) is 4.75 Å². The first kappa shape index (κ1) is 11.0. The van der Waals surface area contributed by atoms with Gasteiger partial charge in [0.1, 0.15) is 5.69 Å². The zero-order chi connectivity index (χ0) is 12.0. The molecular formula is C12H16N2O2S. The second-order valence-corrected chi connectivity index (χ2v) is 6.46. The molecule has 1 fully saturated rings. The monoisotopic (exact) mass is 252 g/mol. The summed E-state index contributed by atoms with van der Waals surface area (Å²) in [6.45, 7) is 0.966. The number of hydrogen-bond donors (Lipinski definition) is 2. The van der Waals surface area contributed by atoms with E-state index in [1.54, 1.807) is 23.4 Å². The highest BCUT2D eigenvalue weighted by molar-refractivity contribution is 8.01. The molecule has 1 aromatic heterocycles. The van der Waals surface area contributed by atoms with Gasteiger partial charge in [0, 0.05) is 24.5 Å². The van der Waals surface area contributed by atoms with Crippen LogP contribution in [0.2, 0.25) is 0 Å². The van der Waals surface area contributed by atoms with Gasteiger partial charge < -0.3 is 15.0 Å². The van der Waals surface area contributed by atoms with Crippen LogP contribution in [0.1, 0.15) is 36.2 Å². The Morgan fingerprint density at radius 1 is 1.53 bits per heavy atom. The molecule has 2 N–H and O–H groups in total. The minimum atomic E-state index is -0.835. The highest BCUT2D eigenvalue weighted by Crippen LogP contribution is 2.51. The van der Waals surface area contributed by atoms with Gasteiger partial charge in [0.05, 0.1) is 10.6 Å². The molecule has 0 aromatic carbocycles. The van der Waals surface area contributed by atoms with E-state index >= 15 is 0 Å². The van der Waals surface area contributed by atoms with Crippen molar-refractivity contribution < 1.29 is 9.90 Å². The molecule has 1 aliphatic heterocycles. The van der Waals surface area contributed by atoms with Crippen molar-refractivity contribution in [1.29, 1.82) is 0 Å². The molecule has 2 aliphatic rings. The average molecular weight is 252 g/mol. The summed E-state index contributed by atoms with van der Waals surface area (Å²) in [5, 5.41) is 12.7. The topological polar surface area (TPSA) is 54.3 Å². The van der Waals surface area contributed by atoms with E-state index in [0.717, 1.165) is 17.1 Å². The second kappa shape index (κ2) is 3.70. The minimum absolute atomic E-state index is 0.235. The summed E-state index contributed by atoms with van der Waals surface area (Å²) in [4.78, 5) is 12.2. The van der Waals surface area contributed by atoms with Gasteiger partial charge in [-0.25, -0.2) is 4.79 Å². The number of carboxylic acid groups (broad SMARTS) is 1. The predicted molar refractivity (Wildman–Crippen MR) is 67.9 cm³/mol. The third kappa shape index (κ3) is 1.64. The molecule has 1 aliphatic carbocycles. The molecule has 0 saturated heterocycles. The number of thioether (sulfide) groups is 1. The lowest BCUT2D eigenvalue weighted by atomic mass is 10.1. The van der Waals surface area contributed by atoms with E-state index in [1.165, 1.54) is 25.7 Å². The molecule has 0 unspecified atom stereocenters. The van der Waals surface area contributed by atoms with Gasteiger partial charge in [0.2, 0.25) is 0 Å². The highest BCUT2D eigenvalue weighted by atomic mass is 32.2. The quantitative estimate of drug-likeness (QED) is 0.806. The number of hydrogen-bond acceptors (Lipinski definition) is 3. The summed E-state index contributed by atoms with van der Waals surface area (Å²) in [6, 6.07) is 0. The first-order chi connectivity index (χ1) is 8.11. The lowest BCUT2D eigenvalue weighted by molar-refractivity contribution is 0.0682. The second-order valence-electron chi connectivity index (χ2n) is 4.98. The van der Waals surface area contributed by atoms with Crippen LogP contribution in [0.25, 0.3) is 0 Å². The van der Waals surface area contributed by atoms with E-state index < -0.39 is 5.97 Å². The summed E-state index contributed by atoms with van der Waals surface area (Å²) in [5.41, 5.74) is 1.40. The third-order valence-electron chi connectivity index (χ3n) is 3.77. The van der Waals surface area contributed by atoms with Crippen LogP contribution in [-0.4, -0.2) is 26.9 Å². The standard InChI is InChI=1S/C12H16N2O2S/c1-14-6-8-10(9(14)11(15)16)17-12(7-13-8)4-2-3-5-12/h6,13H,2-5,7H2,1H3,(H,15,16). The first-order valence-corrected chi connectivity index (χ1v) is 6.78. The molecule has 4 nitrogen and oxygen atoms in total. The Balaban J connectivity index is 2.02. The van der Waals surface area contributed by atoms with E-state index in [0.29, 0.717) is 5.69 Å². The van der Waals surface area contributed by atoms with Crippen LogP contribution in [0.5, 0.6) is 0 Å². The normalized spacial score (nSPS) is 21.2. The Kier molecular flexibility index (Phi) is 2.40. The lowest BCUT2D eigenvalue weighted by Crippen LogP contribution is -2.33. The van der Waals surface area contributed by atoms with Crippen molar-refractivity contribution in [3.05, 3.63) is 11.9 Å². The van der Waals surface area contributed by atoms with E-state index in [9.17, 15) is 9.90 Å². The molecule has 0 bridgehead atoms. The molecule has 1 aromatic rings. The molecule has 1 spiro atoms. The van der Waals surface area contributed by atoms with Gasteiger partial charge in [0.25, 0.3) is 0 Å². The number of aromatic nitrogens is 1.